The average Bonchev–Trinajstić information content (AvgIpc) is 3.02. The maximum Gasteiger partial charge on any atom is 0.230 e. The summed E-state index contributed by atoms with van der Waals surface area (Å²) in [6.07, 6.45) is 5.52. The van der Waals surface area contributed by atoms with Crippen molar-refractivity contribution >= 4 is 11.6 Å². The van der Waals surface area contributed by atoms with E-state index in [0.29, 0.717) is 12.5 Å². The first-order valence-corrected chi connectivity index (χ1v) is 15.4. The van der Waals surface area contributed by atoms with Crippen LogP contribution in [0.5, 0.6) is 0 Å². The van der Waals surface area contributed by atoms with E-state index in [4.69, 9.17) is 4.74 Å². The summed E-state index contributed by atoms with van der Waals surface area (Å²) in [6.45, 7) is 10.3. The summed E-state index contributed by atoms with van der Waals surface area (Å²) in [6, 6.07) is 19.8. The molecule has 4 aliphatic rings. The molecule has 1 atom stereocenters. The van der Waals surface area contributed by atoms with Crippen molar-refractivity contribution in [2.75, 3.05) is 78.0 Å². The normalized spacial score (nSPS) is 22.9. The van der Waals surface area contributed by atoms with E-state index < -0.39 is 0 Å². The van der Waals surface area contributed by atoms with Crippen molar-refractivity contribution in [3.05, 3.63) is 88.8 Å². The minimum atomic E-state index is 0.181. The van der Waals surface area contributed by atoms with E-state index in [1.165, 1.54) is 22.4 Å². The first-order valence-electron chi connectivity index (χ1n) is 15.4. The number of hydrogen-bond donors (Lipinski definition) is 0. The number of carbonyl (C=O) groups is 1. The van der Waals surface area contributed by atoms with Crippen LogP contribution in [0.1, 0.15) is 30.4 Å². The SMILES string of the molecule is COC1=C2CCN(C(=O)Cc3ccc(N4CCN(Cc5ccccc5)CC4)cc3)C=C2C(N2CCN(C)CC2)CC1. The summed E-state index contributed by atoms with van der Waals surface area (Å²) in [5.41, 5.74) is 6.35. The van der Waals surface area contributed by atoms with Crippen LogP contribution in [-0.2, 0) is 22.5 Å². The smallest absolute Gasteiger partial charge is 0.230 e. The quantitative estimate of drug-likeness (QED) is 0.515. The average molecular weight is 556 g/mol. The Balaban J connectivity index is 1.07. The van der Waals surface area contributed by atoms with E-state index in [9.17, 15) is 4.79 Å². The predicted molar refractivity (Wildman–Crippen MR) is 165 cm³/mol. The number of rotatable bonds is 7. The van der Waals surface area contributed by atoms with Crippen molar-refractivity contribution in [2.24, 2.45) is 0 Å². The Morgan fingerprint density at radius 3 is 2.27 bits per heavy atom. The lowest BCUT2D eigenvalue weighted by Crippen LogP contribution is -2.51. The number of benzene rings is 2. The van der Waals surface area contributed by atoms with Gasteiger partial charge in [0.15, 0.2) is 0 Å². The van der Waals surface area contributed by atoms with Crippen LogP contribution < -0.4 is 4.90 Å². The summed E-state index contributed by atoms with van der Waals surface area (Å²) in [4.78, 5) is 25.5. The molecule has 3 heterocycles. The molecule has 1 unspecified atom stereocenters. The molecule has 7 nitrogen and oxygen atoms in total. The first-order chi connectivity index (χ1) is 20.1. The summed E-state index contributed by atoms with van der Waals surface area (Å²) in [5.74, 6) is 1.30. The maximum atomic E-state index is 13.5. The molecule has 2 aromatic carbocycles. The molecule has 7 heteroatoms. The molecule has 0 spiro atoms. The van der Waals surface area contributed by atoms with Crippen LogP contribution in [-0.4, -0.2) is 105 Å². The van der Waals surface area contributed by atoms with Crippen molar-refractivity contribution in [2.45, 2.75) is 38.3 Å². The number of nitrogens with zero attached hydrogens (tertiary/aromatic N) is 5. The fraction of sp³-hybridized carbons (Fsp3) is 0.500. The van der Waals surface area contributed by atoms with E-state index in [2.05, 4.69) is 87.4 Å². The molecular weight excluding hydrogens is 510 g/mol. The van der Waals surface area contributed by atoms with E-state index in [0.717, 1.165) is 96.0 Å². The summed E-state index contributed by atoms with van der Waals surface area (Å²) >= 11 is 0. The predicted octanol–water partition coefficient (Wildman–Crippen LogP) is 3.98. The van der Waals surface area contributed by atoms with E-state index >= 15 is 0 Å². The molecule has 41 heavy (non-hydrogen) atoms. The molecule has 2 aromatic rings. The molecule has 2 fully saturated rings. The fourth-order valence-corrected chi connectivity index (χ4v) is 6.89. The van der Waals surface area contributed by atoms with Crippen molar-refractivity contribution in [3.8, 4) is 0 Å². The number of methoxy groups -OCH3 is 1. The maximum absolute atomic E-state index is 13.5. The zero-order chi connectivity index (χ0) is 28.2. The van der Waals surface area contributed by atoms with Gasteiger partial charge in [0.25, 0.3) is 0 Å². The Labute approximate surface area is 245 Å². The van der Waals surface area contributed by atoms with Gasteiger partial charge < -0.3 is 19.4 Å². The second-order valence-corrected chi connectivity index (χ2v) is 12.0. The van der Waals surface area contributed by atoms with Crippen LogP contribution in [0.25, 0.3) is 0 Å². The van der Waals surface area contributed by atoms with Crippen molar-refractivity contribution in [1.82, 2.24) is 19.6 Å². The van der Waals surface area contributed by atoms with E-state index in [1.807, 2.05) is 4.90 Å². The molecule has 0 N–H and O–H groups in total. The van der Waals surface area contributed by atoms with Gasteiger partial charge in [0.1, 0.15) is 0 Å². The van der Waals surface area contributed by atoms with Gasteiger partial charge in [0.05, 0.1) is 19.3 Å². The molecular formula is C34H45N5O2. The molecule has 1 aliphatic carbocycles. The van der Waals surface area contributed by atoms with Gasteiger partial charge in [-0.05, 0) is 54.3 Å². The van der Waals surface area contributed by atoms with Gasteiger partial charge in [-0.25, -0.2) is 0 Å². The number of hydrogen-bond acceptors (Lipinski definition) is 6. The fourth-order valence-electron chi connectivity index (χ4n) is 6.89. The van der Waals surface area contributed by atoms with E-state index in [1.54, 1.807) is 7.11 Å². The largest absolute Gasteiger partial charge is 0.501 e. The summed E-state index contributed by atoms with van der Waals surface area (Å²) in [7, 11) is 3.99. The first kappa shape index (κ1) is 28.0. The van der Waals surface area contributed by atoms with Crippen LogP contribution in [0.4, 0.5) is 5.69 Å². The highest BCUT2D eigenvalue weighted by Gasteiger charge is 2.35. The Morgan fingerprint density at radius 1 is 0.829 bits per heavy atom. The number of likely N-dealkylation sites (N-methyl/N-ethyl adjacent to an activating group) is 1. The third-order valence-corrected chi connectivity index (χ3v) is 9.41. The van der Waals surface area contributed by atoms with Gasteiger partial charge in [0.2, 0.25) is 5.91 Å². The standard InChI is InChI=1S/C34H45N5O2/c1-35-16-20-38(21-17-35)32-12-13-33(41-2)30-14-15-39(26-31(30)32)34(40)24-27-8-10-29(11-9-27)37-22-18-36(19-23-37)25-28-6-4-3-5-7-28/h3-11,26,32H,12-25H2,1-2H3. The van der Waals surface area contributed by atoms with Gasteiger partial charge >= 0.3 is 0 Å². The Bertz CT molecular complexity index is 1240. The number of amides is 1. The molecule has 6 rings (SSSR count). The highest BCUT2D eigenvalue weighted by molar-refractivity contribution is 5.80. The van der Waals surface area contributed by atoms with E-state index in [-0.39, 0.29) is 5.91 Å². The molecule has 0 radical (unpaired) electrons. The molecule has 2 saturated heterocycles. The van der Waals surface area contributed by atoms with Crippen molar-refractivity contribution in [3.63, 3.8) is 0 Å². The van der Waals surface area contributed by atoms with Crippen LogP contribution in [0, 0.1) is 0 Å². The lowest BCUT2D eigenvalue weighted by atomic mass is 9.83. The number of anilines is 1. The number of fused-ring (bicyclic) bond motifs is 1. The third-order valence-electron chi connectivity index (χ3n) is 9.41. The zero-order valence-electron chi connectivity index (χ0n) is 24.8. The van der Waals surface area contributed by atoms with Gasteiger partial charge in [0, 0.05) is 89.8 Å². The molecule has 0 bridgehead atoms. The van der Waals surface area contributed by atoms with Crippen LogP contribution in [0.15, 0.2) is 77.7 Å². The van der Waals surface area contributed by atoms with Crippen LogP contribution >= 0.6 is 0 Å². The van der Waals surface area contributed by atoms with Crippen molar-refractivity contribution < 1.29 is 9.53 Å². The lowest BCUT2D eigenvalue weighted by Gasteiger charge is -2.43. The van der Waals surface area contributed by atoms with Gasteiger partial charge in [-0.3, -0.25) is 14.6 Å². The molecule has 0 aromatic heterocycles. The van der Waals surface area contributed by atoms with Crippen molar-refractivity contribution in [1.29, 1.82) is 0 Å². The number of ether oxygens (including phenoxy) is 1. The lowest BCUT2D eigenvalue weighted by molar-refractivity contribution is -0.128. The van der Waals surface area contributed by atoms with Gasteiger partial charge in [-0.1, -0.05) is 42.5 Å². The summed E-state index contributed by atoms with van der Waals surface area (Å²) < 4.78 is 5.80. The number of piperazine rings is 2. The molecule has 218 valence electrons. The Kier molecular flexibility index (Phi) is 8.75. The molecule has 1 amide bonds. The van der Waals surface area contributed by atoms with Gasteiger partial charge in [-0.15, -0.1) is 0 Å². The second kappa shape index (κ2) is 12.8. The minimum absolute atomic E-state index is 0.181. The third kappa shape index (κ3) is 6.53. The number of allylic oxidation sites excluding steroid dienone is 1. The minimum Gasteiger partial charge on any atom is -0.501 e. The second-order valence-electron chi connectivity index (χ2n) is 12.0. The monoisotopic (exact) mass is 555 g/mol. The molecule has 0 saturated carbocycles. The van der Waals surface area contributed by atoms with Crippen LogP contribution in [0.2, 0.25) is 0 Å². The topological polar surface area (TPSA) is 42.5 Å². The Morgan fingerprint density at radius 2 is 1.56 bits per heavy atom. The highest BCUT2D eigenvalue weighted by Crippen LogP contribution is 2.38. The summed E-state index contributed by atoms with van der Waals surface area (Å²) in [5, 5.41) is 0. The Hall–Kier alpha value is -3.13. The molecule has 3 aliphatic heterocycles. The zero-order valence-corrected chi connectivity index (χ0v) is 24.8. The number of carbonyl (C=O) groups excluding carboxylic acids is 1. The van der Waals surface area contributed by atoms with Crippen LogP contribution in [0.3, 0.4) is 0 Å². The van der Waals surface area contributed by atoms with Gasteiger partial charge in [-0.2, -0.15) is 0 Å². The highest BCUT2D eigenvalue weighted by atomic mass is 16.5.